The van der Waals surface area contributed by atoms with Gasteiger partial charge >= 0.3 is 0 Å². The molecule has 1 heterocycles. The van der Waals surface area contributed by atoms with Gasteiger partial charge in [-0.1, -0.05) is 33.3 Å². The molecule has 0 aromatic rings. The van der Waals surface area contributed by atoms with Crippen LogP contribution in [-0.2, 0) is 4.79 Å². The average molecular weight is 261 g/mol. The van der Waals surface area contributed by atoms with Crippen LogP contribution in [0.4, 0.5) is 0 Å². The average Bonchev–Trinajstić information content (AvgIpc) is 2.66. The lowest BCUT2D eigenvalue weighted by Crippen LogP contribution is -2.36. The molecule has 2 heteroatoms. The molecule has 1 unspecified atom stereocenters. The Morgan fingerprint density at radius 2 is 1.95 bits per heavy atom. The van der Waals surface area contributed by atoms with Crippen LogP contribution in [0, 0.1) is 16.7 Å². The minimum atomic E-state index is -0.100. The van der Waals surface area contributed by atoms with Gasteiger partial charge in [0.2, 0.25) is 0 Å². The summed E-state index contributed by atoms with van der Waals surface area (Å²) in [6.45, 7) is 7.97. The van der Waals surface area contributed by atoms with Crippen molar-refractivity contribution in [2.24, 2.45) is 16.7 Å². The van der Waals surface area contributed by atoms with Gasteiger partial charge in [-0.15, -0.1) is 0 Å². The van der Waals surface area contributed by atoms with Crippen molar-refractivity contribution in [1.29, 1.82) is 0 Å². The number of rotatable bonds is 1. The molecule has 3 rings (SSSR count). The van der Waals surface area contributed by atoms with Crippen LogP contribution in [0.1, 0.15) is 52.9 Å². The van der Waals surface area contributed by atoms with Gasteiger partial charge in [-0.25, -0.2) is 0 Å². The minimum Gasteiger partial charge on any atom is -0.300 e. The maximum absolute atomic E-state index is 12.8. The molecular weight excluding hydrogens is 234 g/mol. The first-order valence-corrected chi connectivity index (χ1v) is 7.85. The summed E-state index contributed by atoms with van der Waals surface area (Å²) in [5.74, 6) is 0.952. The Morgan fingerprint density at radius 1 is 1.21 bits per heavy atom. The van der Waals surface area contributed by atoms with E-state index in [1.165, 1.54) is 32.2 Å². The number of likely N-dealkylation sites (tertiary alicyclic amines) is 1. The summed E-state index contributed by atoms with van der Waals surface area (Å²) in [6.07, 6.45) is 8.45. The number of allylic oxidation sites excluding steroid dienone is 1. The molecule has 3 fully saturated rings. The summed E-state index contributed by atoms with van der Waals surface area (Å²) >= 11 is 0. The number of ketones is 1. The highest BCUT2D eigenvalue weighted by Gasteiger charge is 2.63. The van der Waals surface area contributed by atoms with E-state index in [0.717, 1.165) is 12.0 Å². The maximum atomic E-state index is 12.8. The summed E-state index contributed by atoms with van der Waals surface area (Å²) in [5, 5.41) is 0. The van der Waals surface area contributed by atoms with Gasteiger partial charge in [0, 0.05) is 11.5 Å². The van der Waals surface area contributed by atoms with Crippen molar-refractivity contribution in [1.82, 2.24) is 4.90 Å². The SMILES string of the molecule is CN1CCCCC1/C=C1/C(=O)[C@@]2(C)CC[C@@H]1C2(C)C. The second-order valence-corrected chi connectivity index (χ2v) is 7.64. The molecule has 0 radical (unpaired) electrons. The fourth-order valence-corrected chi connectivity index (χ4v) is 4.64. The largest absolute Gasteiger partial charge is 0.300 e. The molecule has 3 aliphatic rings. The normalized spacial score (nSPS) is 44.2. The van der Waals surface area contributed by atoms with Gasteiger partial charge in [-0.05, 0) is 56.2 Å². The minimum absolute atomic E-state index is 0.100. The molecule has 3 atom stereocenters. The van der Waals surface area contributed by atoms with E-state index in [9.17, 15) is 4.79 Å². The molecule has 1 aliphatic heterocycles. The smallest absolute Gasteiger partial charge is 0.165 e. The van der Waals surface area contributed by atoms with Crippen LogP contribution in [0.2, 0.25) is 0 Å². The van der Waals surface area contributed by atoms with E-state index in [0.29, 0.717) is 17.7 Å². The van der Waals surface area contributed by atoms with Crippen LogP contribution in [0.3, 0.4) is 0 Å². The number of hydrogen-bond donors (Lipinski definition) is 0. The van der Waals surface area contributed by atoms with Crippen molar-refractivity contribution in [2.45, 2.75) is 58.9 Å². The van der Waals surface area contributed by atoms with Crippen molar-refractivity contribution >= 4 is 5.78 Å². The third-order valence-corrected chi connectivity index (χ3v) is 6.56. The molecule has 2 aliphatic carbocycles. The van der Waals surface area contributed by atoms with E-state index in [1.54, 1.807) is 0 Å². The molecule has 0 aromatic heterocycles. The first kappa shape index (κ1) is 13.4. The molecule has 0 N–H and O–H groups in total. The predicted molar refractivity (Wildman–Crippen MR) is 78.0 cm³/mol. The van der Waals surface area contributed by atoms with Crippen LogP contribution in [-0.4, -0.2) is 30.3 Å². The summed E-state index contributed by atoms with van der Waals surface area (Å²) in [5.41, 5.74) is 1.22. The van der Waals surface area contributed by atoms with Crippen LogP contribution < -0.4 is 0 Å². The number of fused-ring (bicyclic) bond motifs is 2. The van der Waals surface area contributed by atoms with Crippen LogP contribution in [0.15, 0.2) is 11.6 Å². The molecule has 106 valence electrons. The lowest BCUT2D eigenvalue weighted by atomic mass is 9.70. The topological polar surface area (TPSA) is 20.3 Å². The van der Waals surface area contributed by atoms with Crippen molar-refractivity contribution in [3.05, 3.63) is 11.6 Å². The van der Waals surface area contributed by atoms with Crippen LogP contribution in [0.25, 0.3) is 0 Å². The number of Topliss-reactive ketones (excluding diaryl/α,β-unsaturated/α-hetero) is 1. The van der Waals surface area contributed by atoms with E-state index < -0.39 is 0 Å². The second-order valence-electron chi connectivity index (χ2n) is 7.64. The van der Waals surface area contributed by atoms with E-state index in [2.05, 4.69) is 38.8 Å². The number of likely N-dealkylation sites (N-methyl/N-ethyl adjacent to an activating group) is 1. The molecule has 2 nitrogen and oxygen atoms in total. The highest BCUT2D eigenvalue weighted by Crippen LogP contribution is 2.65. The lowest BCUT2D eigenvalue weighted by Gasteiger charge is -2.31. The van der Waals surface area contributed by atoms with Crippen molar-refractivity contribution in [3.63, 3.8) is 0 Å². The molecule has 1 saturated heterocycles. The highest BCUT2D eigenvalue weighted by molar-refractivity contribution is 6.04. The number of piperidine rings is 1. The van der Waals surface area contributed by atoms with Gasteiger partial charge in [0.25, 0.3) is 0 Å². The molecule has 19 heavy (non-hydrogen) atoms. The fraction of sp³-hybridized carbons (Fsp3) is 0.824. The Hall–Kier alpha value is -0.630. The third-order valence-electron chi connectivity index (χ3n) is 6.56. The molecule has 2 saturated carbocycles. The van der Waals surface area contributed by atoms with Crippen LogP contribution in [0.5, 0.6) is 0 Å². The predicted octanol–water partition coefficient (Wildman–Crippen LogP) is 3.42. The first-order chi connectivity index (χ1) is 8.88. The van der Waals surface area contributed by atoms with E-state index >= 15 is 0 Å². The lowest BCUT2D eigenvalue weighted by molar-refractivity contribution is -0.125. The van der Waals surface area contributed by atoms with E-state index in [-0.39, 0.29) is 10.8 Å². The van der Waals surface area contributed by atoms with Gasteiger partial charge in [0.1, 0.15) is 0 Å². The Balaban J connectivity index is 1.92. The summed E-state index contributed by atoms with van der Waals surface area (Å²) < 4.78 is 0. The van der Waals surface area contributed by atoms with Gasteiger partial charge in [-0.3, -0.25) is 9.69 Å². The van der Waals surface area contributed by atoms with Gasteiger partial charge < -0.3 is 0 Å². The Kier molecular flexibility index (Phi) is 2.94. The number of carbonyl (C=O) groups excluding carboxylic acids is 1. The van der Waals surface area contributed by atoms with Crippen molar-refractivity contribution < 1.29 is 4.79 Å². The van der Waals surface area contributed by atoms with Gasteiger partial charge in [-0.2, -0.15) is 0 Å². The zero-order valence-corrected chi connectivity index (χ0v) is 12.8. The monoisotopic (exact) mass is 261 g/mol. The fourth-order valence-electron chi connectivity index (χ4n) is 4.64. The first-order valence-electron chi connectivity index (χ1n) is 7.85. The number of nitrogens with zero attached hydrogens (tertiary/aromatic N) is 1. The van der Waals surface area contributed by atoms with Crippen molar-refractivity contribution in [3.8, 4) is 0 Å². The summed E-state index contributed by atoms with van der Waals surface area (Å²) in [4.78, 5) is 15.2. The quantitative estimate of drug-likeness (QED) is 0.674. The Labute approximate surface area is 117 Å². The third kappa shape index (κ3) is 1.68. The van der Waals surface area contributed by atoms with E-state index in [1.807, 2.05) is 0 Å². The van der Waals surface area contributed by atoms with Crippen molar-refractivity contribution in [2.75, 3.05) is 13.6 Å². The molecule has 2 bridgehead atoms. The number of hydrogen-bond acceptors (Lipinski definition) is 2. The summed E-state index contributed by atoms with van der Waals surface area (Å²) in [7, 11) is 2.20. The van der Waals surface area contributed by atoms with Crippen LogP contribution >= 0.6 is 0 Å². The molecule has 0 spiro atoms. The van der Waals surface area contributed by atoms with E-state index in [4.69, 9.17) is 0 Å². The maximum Gasteiger partial charge on any atom is 0.165 e. The Morgan fingerprint density at radius 3 is 2.53 bits per heavy atom. The zero-order chi connectivity index (χ0) is 13.8. The number of carbonyl (C=O) groups is 1. The highest BCUT2D eigenvalue weighted by atomic mass is 16.1. The van der Waals surface area contributed by atoms with Gasteiger partial charge in [0.05, 0.1) is 0 Å². The Bertz CT molecular complexity index is 437. The standard InChI is InChI=1S/C17H27NO/c1-16(2)14-8-9-17(16,3)15(19)13(14)11-12-7-5-6-10-18(12)4/h11-12,14H,5-10H2,1-4H3/b13-11+/t12?,14-,17+/m0/s1. The second kappa shape index (κ2) is 4.18. The molecule has 0 amide bonds. The zero-order valence-electron chi connectivity index (χ0n) is 12.8. The van der Waals surface area contributed by atoms with Gasteiger partial charge in [0.15, 0.2) is 5.78 Å². The molecular formula is C17H27NO. The molecule has 0 aromatic carbocycles. The summed E-state index contributed by atoms with van der Waals surface area (Å²) in [6, 6.07) is 0.492.